The molecule has 0 bridgehead atoms. The highest BCUT2D eigenvalue weighted by Crippen LogP contribution is 2.20. The fraction of sp³-hybridized carbons (Fsp3) is 0.150. The predicted octanol–water partition coefficient (Wildman–Crippen LogP) is 3.63. The molecular formula is C20H21ClN2O3S. The molecule has 5 nitrogen and oxygen atoms in total. The molecule has 7 heteroatoms. The average Bonchev–Trinajstić information content (AvgIpc) is 2.66. The minimum absolute atomic E-state index is 0.158. The first-order valence-electron chi connectivity index (χ1n) is 8.23. The minimum atomic E-state index is -3.70. The SMILES string of the molecule is C=CCNC(=O)c1ccc(CN(CC=C)S(=O)(=O)c2ccc(Cl)cc2)cc1. The third-order valence-electron chi connectivity index (χ3n) is 3.77. The van der Waals surface area contributed by atoms with E-state index in [0.717, 1.165) is 5.56 Å². The first kappa shape index (κ1) is 20.9. The van der Waals surface area contributed by atoms with Crippen LogP contribution >= 0.6 is 11.6 Å². The summed E-state index contributed by atoms with van der Waals surface area (Å²) in [5.41, 5.74) is 1.26. The van der Waals surface area contributed by atoms with Crippen LogP contribution in [0.3, 0.4) is 0 Å². The van der Waals surface area contributed by atoms with E-state index in [1.54, 1.807) is 30.3 Å². The number of carbonyl (C=O) groups excluding carboxylic acids is 1. The van der Waals surface area contributed by atoms with Gasteiger partial charge in [-0.15, -0.1) is 13.2 Å². The number of carbonyl (C=O) groups is 1. The second kappa shape index (κ2) is 9.50. The molecule has 0 radical (unpaired) electrons. The molecule has 0 aliphatic carbocycles. The smallest absolute Gasteiger partial charge is 0.251 e. The molecule has 0 aromatic heterocycles. The van der Waals surface area contributed by atoms with Crippen molar-refractivity contribution in [1.29, 1.82) is 0 Å². The molecule has 2 rings (SSSR count). The highest BCUT2D eigenvalue weighted by molar-refractivity contribution is 7.89. The quantitative estimate of drug-likeness (QED) is 0.649. The van der Waals surface area contributed by atoms with Crippen molar-refractivity contribution in [1.82, 2.24) is 9.62 Å². The highest BCUT2D eigenvalue weighted by Gasteiger charge is 2.23. The Labute approximate surface area is 165 Å². The molecule has 0 fully saturated rings. The molecule has 0 heterocycles. The fourth-order valence-corrected chi connectivity index (χ4v) is 3.90. The first-order valence-corrected chi connectivity index (χ1v) is 10.0. The van der Waals surface area contributed by atoms with Crippen molar-refractivity contribution in [2.75, 3.05) is 13.1 Å². The van der Waals surface area contributed by atoms with Crippen molar-refractivity contribution < 1.29 is 13.2 Å². The molecular weight excluding hydrogens is 384 g/mol. The van der Waals surface area contributed by atoms with Crippen molar-refractivity contribution >= 4 is 27.5 Å². The van der Waals surface area contributed by atoms with Crippen LogP contribution in [-0.4, -0.2) is 31.7 Å². The highest BCUT2D eigenvalue weighted by atomic mass is 35.5. The van der Waals surface area contributed by atoms with Crippen molar-refractivity contribution in [2.24, 2.45) is 0 Å². The maximum atomic E-state index is 12.9. The number of benzene rings is 2. The van der Waals surface area contributed by atoms with E-state index in [-0.39, 0.29) is 23.9 Å². The van der Waals surface area contributed by atoms with E-state index in [1.165, 1.54) is 34.6 Å². The molecule has 0 saturated carbocycles. The van der Waals surface area contributed by atoms with Crippen LogP contribution < -0.4 is 5.32 Å². The molecule has 0 unspecified atom stereocenters. The summed E-state index contributed by atoms with van der Waals surface area (Å²) in [6.45, 7) is 7.89. The average molecular weight is 405 g/mol. The van der Waals surface area contributed by atoms with Gasteiger partial charge in [-0.3, -0.25) is 4.79 Å². The zero-order valence-corrected chi connectivity index (χ0v) is 16.3. The van der Waals surface area contributed by atoms with Crippen LogP contribution in [0.5, 0.6) is 0 Å². The van der Waals surface area contributed by atoms with Gasteiger partial charge in [0.05, 0.1) is 4.90 Å². The van der Waals surface area contributed by atoms with Crippen LogP contribution in [0.25, 0.3) is 0 Å². The number of nitrogens with zero attached hydrogens (tertiary/aromatic N) is 1. The van der Waals surface area contributed by atoms with Crippen molar-refractivity contribution in [2.45, 2.75) is 11.4 Å². The van der Waals surface area contributed by atoms with Gasteiger partial charge in [-0.1, -0.05) is 35.9 Å². The van der Waals surface area contributed by atoms with E-state index in [2.05, 4.69) is 18.5 Å². The molecule has 0 spiro atoms. The molecule has 0 saturated heterocycles. The summed E-state index contributed by atoms with van der Waals surface area (Å²) in [7, 11) is -3.70. The van der Waals surface area contributed by atoms with Crippen molar-refractivity contribution in [3.05, 3.63) is 90.0 Å². The van der Waals surface area contributed by atoms with Crippen molar-refractivity contribution in [3.63, 3.8) is 0 Å². The van der Waals surface area contributed by atoms with Crippen LogP contribution in [0.4, 0.5) is 0 Å². The van der Waals surface area contributed by atoms with Crippen LogP contribution in [0, 0.1) is 0 Å². The summed E-state index contributed by atoms with van der Waals surface area (Å²) in [5, 5.41) is 3.16. The third kappa shape index (κ3) is 5.53. The molecule has 1 amide bonds. The summed E-state index contributed by atoms with van der Waals surface area (Å²) in [6, 6.07) is 12.8. The van der Waals surface area contributed by atoms with Gasteiger partial charge >= 0.3 is 0 Å². The maximum absolute atomic E-state index is 12.9. The van der Waals surface area contributed by atoms with Gasteiger partial charge in [0.2, 0.25) is 10.0 Å². The minimum Gasteiger partial charge on any atom is -0.349 e. The molecule has 0 aliphatic heterocycles. The predicted molar refractivity (Wildman–Crippen MR) is 108 cm³/mol. The summed E-state index contributed by atoms with van der Waals surface area (Å²) in [5.74, 6) is -0.210. The van der Waals surface area contributed by atoms with Crippen LogP contribution in [0.2, 0.25) is 5.02 Å². The van der Waals surface area contributed by atoms with E-state index in [0.29, 0.717) is 17.1 Å². The second-order valence-corrected chi connectivity index (χ2v) is 8.11. The Balaban J connectivity index is 2.20. The van der Waals surface area contributed by atoms with E-state index in [4.69, 9.17) is 11.6 Å². The van der Waals surface area contributed by atoms with E-state index >= 15 is 0 Å². The molecule has 27 heavy (non-hydrogen) atoms. The summed E-state index contributed by atoms with van der Waals surface area (Å²) in [6.07, 6.45) is 3.13. The Morgan fingerprint density at radius 2 is 1.67 bits per heavy atom. The van der Waals surface area contributed by atoms with Gasteiger partial charge in [-0.2, -0.15) is 4.31 Å². The lowest BCUT2D eigenvalue weighted by Gasteiger charge is -2.21. The lowest BCUT2D eigenvalue weighted by atomic mass is 10.1. The Hall–Kier alpha value is -2.41. The Morgan fingerprint density at radius 1 is 1.04 bits per heavy atom. The third-order valence-corrected chi connectivity index (χ3v) is 5.84. The van der Waals surface area contributed by atoms with Gasteiger partial charge in [-0.05, 0) is 42.0 Å². The van der Waals surface area contributed by atoms with E-state index in [9.17, 15) is 13.2 Å². The molecule has 0 aliphatic rings. The molecule has 1 N–H and O–H groups in total. The number of nitrogens with one attached hydrogen (secondary N) is 1. The van der Waals surface area contributed by atoms with E-state index in [1.807, 2.05) is 0 Å². The molecule has 142 valence electrons. The lowest BCUT2D eigenvalue weighted by molar-refractivity contribution is 0.0958. The number of rotatable bonds is 9. The first-order chi connectivity index (χ1) is 12.9. The number of halogens is 1. The van der Waals surface area contributed by atoms with Crippen LogP contribution in [0.1, 0.15) is 15.9 Å². The zero-order chi connectivity index (χ0) is 19.9. The normalized spacial score (nSPS) is 11.2. The molecule has 2 aromatic rings. The number of hydrogen-bond acceptors (Lipinski definition) is 3. The van der Waals surface area contributed by atoms with Gasteiger partial charge in [0.15, 0.2) is 0 Å². The van der Waals surface area contributed by atoms with Crippen LogP contribution in [0.15, 0.2) is 78.7 Å². The zero-order valence-electron chi connectivity index (χ0n) is 14.8. The Kier molecular flexibility index (Phi) is 7.36. The van der Waals surface area contributed by atoms with Gasteiger partial charge in [0.1, 0.15) is 0 Å². The lowest BCUT2D eigenvalue weighted by Crippen LogP contribution is -2.31. The summed E-state index contributed by atoms with van der Waals surface area (Å²) < 4.78 is 27.1. The van der Waals surface area contributed by atoms with Crippen LogP contribution in [-0.2, 0) is 16.6 Å². The number of sulfonamides is 1. The second-order valence-electron chi connectivity index (χ2n) is 5.74. The summed E-state index contributed by atoms with van der Waals surface area (Å²) >= 11 is 5.84. The largest absolute Gasteiger partial charge is 0.349 e. The maximum Gasteiger partial charge on any atom is 0.251 e. The molecule has 0 atom stereocenters. The van der Waals surface area contributed by atoms with E-state index < -0.39 is 10.0 Å². The number of amides is 1. The topological polar surface area (TPSA) is 66.5 Å². The Morgan fingerprint density at radius 3 is 2.22 bits per heavy atom. The monoisotopic (exact) mass is 404 g/mol. The van der Waals surface area contributed by atoms with Crippen molar-refractivity contribution in [3.8, 4) is 0 Å². The number of hydrogen-bond donors (Lipinski definition) is 1. The molecule has 2 aromatic carbocycles. The Bertz CT molecular complexity index is 907. The van der Waals surface area contributed by atoms with Gasteiger partial charge < -0.3 is 5.32 Å². The summed E-state index contributed by atoms with van der Waals surface area (Å²) in [4.78, 5) is 12.1. The van der Waals surface area contributed by atoms with Gasteiger partial charge in [0, 0.05) is 30.2 Å². The fourth-order valence-electron chi connectivity index (χ4n) is 2.38. The van der Waals surface area contributed by atoms with Gasteiger partial charge in [0.25, 0.3) is 5.91 Å². The van der Waals surface area contributed by atoms with Gasteiger partial charge in [-0.25, -0.2) is 8.42 Å². The standard InChI is InChI=1S/C20H21ClN2O3S/c1-3-13-22-20(24)17-7-5-16(6-8-17)15-23(14-4-2)27(25,26)19-11-9-18(21)10-12-19/h3-12H,1-2,13-15H2,(H,22,24).